The Balaban J connectivity index is 2.81. The van der Waals surface area contributed by atoms with Gasteiger partial charge >= 0.3 is 0 Å². The highest BCUT2D eigenvalue weighted by Gasteiger charge is 2.16. The molecule has 0 spiro atoms. The van der Waals surface area contributed by atoms with Gasteiger partial charge in [0.1, 0.15) is 0 Å². The highest BCUT2D eigenvalue weighted by Crippen LogP contribution is 2.18. The number of hydrogen-bond acceptors (Lipinski definition) is 2. The molecule has 15 heavy (non-hydrogen) atoms. The number of rotatable bonds is 6. The van der Waals surface area contributed by atoms with E-state index in [-0.39, 0.29) is 0 Å². The molecule has 0 heterocycles. The van der Waals surface area contributed by atoms with E-state index in [0.29, 0.717) is 6.04 Å². The number of benzene rings is 1. The standard InChI is InChI=1S/C13H22N2/c1-4-15(5-2)13(11-14-3)12-9-7-6-8-10-12/h6-10,13-14H,4-5,11H2,1-3H3. The van der Waals surface area contributed by atoms with Crippen molar-refractivity contribution in [3.05, 3.63) is 35.9 Å². The molecule has 2 heteroatoms. The van der Waals surface area contributed by atoms with Crippen LogP contribution in [0.15, 0.2) is 30.3 Å². The lowest BCUT2D eigenvalue weighted by atomic mass is 10.1. The zero-order valence-corrected chi connectivity index (χ0v) is 10.0. The number of hydrogen-bond donors (Lipinski definition) is 1. The summed E-state index contributed by atoms with van der Waals surface area (Å²) in [7, 11) is 2.01. The van der Waals surface area contributed by atoms with Crippen molar-refractivity contribution < 1.29 is 0 Å². The Bertz CT molecular complexity index is 254. The topological polar surface area (TPSA) is 15.3 Å². The Kier molecular flexibility index (Phi) is 5.37. The van der Waals surface area contributed by atoms with Gasteiger partial charge in [-0.3, -0.25) is 4.90 Å². The Labute approximate surface area is 93.3 Å². The summed E-state index contributed by atoms with van der Waals surface area (Å²) < 4.78 is 0. The van der Waals surface area contributed by atoms with Crippen molar-refractivity contribution in [1.29, 1.82) is 0 Å². The summed E-state index contributed by atoms with van der Waals surface area (Å²) in [6.45, 7) is 7.63. The van der Waals surface area contributed by atoms with Gasteiger partial charge in [-0.1, -0.05) is 44.2 Å². The van der Waals surface area contributed by atoms with Crippen molar-refractivity contribution in [3.63, 3.8) is 0 Å². The van der Waals surface area contributed by atoms with E-state index in [2.05, 4.69) is 54.4 Å². The van der Waals surface area contributed by atoms with Crippen LogP contribution in [0.3, 0.4) is 0 Å². The third-order valence-corrected chi connectivity index (χ3v) is 2.83. The molecule has 0 amide bonds. The Morgan fingerprint density at radius 2 is 1.73 bits per heavy atom. The van der Waals surface area contributed by atoms with Crippen LogP contribution in [0.4, 0.5) is 0 Å². The highest BCUT2D eigenvalue weighted by molar-refractivity contribution is 5.19. The van der Waals surface area contributed by atoms with Crippen molar-refractivity contribution in [2.24, 2.45) is 0 Å². The van der Waals surface area contributed by atoms with E-state index in [4.69, 9.17) is 0 Å². The normalized spacial score (nSPS) is 13.1. The van der Waals surface area contributed by atoms with Gasteiger partial charge in [0.2, 0.25) is 0 Å². The van der Waals surface area contributed by atoms with Crippen molar-refractivity contribution in [2.45, 2.75) is 19.9 Å². The lowest BCUT2D eigenvalue weighted by Crippen LogP contribution is -2.34. The second-order valence-electron chi connectivity index (χ2n) is 3.71. The molecule has 0 aromatic heterocycles. The van der Waals surface area contributed by atoms with Crippen LogP contribution in [0.25, 0.3) is 0 Å². The van der Waals surface area contributed by atoms with Gasteiger partial charge in [0.25, 0.3) is 0 Å². The molecule has 1 N–H and O–H groups in total. The van der Waals surface area contributed by atoms with Crippen molar-refractivity contribution >= 4 is 0 Å². The fourth-order valence-electron chi connectivity index (χ4n) is 1.99. The number of likely N-dealkylation sites (N-methyl/N-ethyl adjacent to an activating group) is 2. The smallest absolute Gasteiger partial charge is 0.0472 e. The van der Waals surface area contributed by atoms with Gasteiger partial charge in [-0.05, 0) is 25.7 Å². The molecule has 1 rings (SSSR count). The molecule has 0 saturated carbocycles. The molecule has 84 valence electrons. The summed E-state index contributed by atoms with van der Waals surface area (Å²) in [4.78, 5) is 2.48. The molecule has 1 aromatic carbocycles. The van der Waals surface area contributed by atoms with Gasteiger partial charge in [0.15, 0.2) is 0 Å². The minimum Gasteiger partial charge on any atom is -0.318 e. The molecule has 0 radical (unpaired) electrons. The Morgan fingerprint density at radius 3 is 2.20 bits per heavy atom. The molecule has 2 nitrogen and oxygen atoms in total. The van der Waals surface area contributed by atoms with Gasteiger partial charge in [0, 0.05) is 12.6 Å². The van der Waals surface area contributed by atoms with E-state index >= 15 is 0 Å². The van der Waals surface area contributed by atoms with E-state index in [1.54, 1.807) is 0 Å². The lowest BCUT2D eigenvalue weighted by molar-refractivity contribution is 0.216. The van der Waals surface area contributed by atoms with Crippen LogP contribution in [0.2, 0.25) is 0 Å². The molecule has 1 atom stereocenters. The van der Waals surface area contributed by atoms with Crippen molar-refractivity contribution in [3.8, 4) is 0 Å². The van der Waals surface area contributed by atoms with Gasteiger partial charge in [0.05, 0.1) is 0 Å². The Hall–Kier alpha value is -0.860. The summed E-state index contributed by atoms with van der Waals surface area (Å²) in [6, 6.07) is 11.2. The average Bonchev–Trinajstić information content (AvgIpc) is 2.30. The average molecular weight is 206 g/mol. The van der Waals surface area contributed by atoms with Crippen LogP contribution in [0, 0.1) is 0 Å². The maximum atomic E-state index is 3.27. The first-order chi connectivity index (χ1) is 7.33. The molecule has 1 aromatic rings. The summed E-state index contributed by atoms with van der Waals surface area (Å²) in [5.74, 6) is 0. The van der Waals surface area contributed by atoms with Crippen LogP contribution >= 0.6 is 0 Å². The molecule has 0 aliphatic heterocycles. The number of nitrogens with one attached hydrogen (secondary N) is 1. The first-order valence-electron chi connectivity index (χ1n) is 5.77. The van der Waals surface area contributed by atoms with Crippen LogP contribution in [0.5, 0.6) is 0 Å². The van der Waals surface area contributed by atoms with Crippen LogP contribution < -0.4 is 5.32 Å². The predicted molar refractivity (Wildman–Crippen MR) is 66.0 cm³/mol. The van der Waals surface area contributed by atoms with Crippen LogP contribution in [0.1, 0.15) is 25.5 Å². The van der Waals surface area contributed by atoms with E-state index < -0.39 is 0 Å². The zero-order valence-electron chi connectivity index (χ0n) is 10.0. The molecule has 0 aliphatic rings. The van der Waals surface area contributed by atoms with Crippen molar-refractivity contribution in [2.75, 3.05) is 26.7 Å². The Morgan fingerprint density at radius 1 is 1.13 bits per heavy atom. The summed E-state index contributed by atoms with van der Waals surface area (Å²) in [5.41, 5.74) is 1.40. The van der Waals surface area contributed by atoms with E-state index in [9.17, 15) is 0 Å². The van der Waals surface area contributed by atoms with E-state index in [1.165, 1.54) is 5.56 Å². The van der Waals surface area contributed by atoms with Gasteiger partial charge < -0.3 is 5.32 Å². The second-order valence-corrected chi connectivity index (χ2v) is 3.71. The van der Waals surface area contributed by atoms with Crippen LogP contribution in [-0.4, -0.2) is 31.6 Å². The van der Waals surface area contributed by atoms with E-state index in [1.807, 2.05) is 7.05 Å². The quantitative estimate of drug-likeness (QED) is 0.768. The SMILES string of the molecule is CCN(CC)C(CNC)c1ccccc1. The summed E-state index contributed by atoms with van der Waals surface area (Å²) >= 11 is 0. The first-order valence-corrected chi connectivity index (χ1v) is 5.77. The predicted octanol–water partition coefficient (Wildman–Crippen LogP) is 2.29. The minimum atomic E-state index is 0.492. The zero-order chi connectivity index (χ0) is 11.1. The fourth-order valence-corrected chi connectivity index (χ4v) is 1.99. The molecular weight excluding hydrogens is 184 g/mol. The monoisotopic (exact) mass is 206 g/mol. The molecular formula is C13H22N2. The summed E-state index contributed by atoms with van der Waals surface area (Å²) in [6.07, 6.45) is 0. The minimum absolute atomic E-state index is 0.492. The second kappa shape index (κ2) is 6.59. The summed E-state index contributed by atoms with van der Waals surface area (Å²) in [5, 5.41) is 3.27. The third-order valence-electron chi connectivity index (χ3n) is 2.83. The molecule has 0 aliphatic carbocycles. The van der Waals surface area contributed by atoms with E-state index in [0.717, 1.165) is 19.6 Å². The molecule has 0 bridgehead atoms. The molecule has 0 saturated heterocycles. The number of nitrogens with zero attached hydrogens (tertiary/aromatic N) is 1. The largest absolute Gasteiger partial charge is 0.318 e. The molecule has 1 unspecified atom stereocenters. The third kappa shape index (κ3) is 3.33. The van der Waals surface area contributed by atoms with Gasteiger partial charge in [-0.2, -0.15) is 0 Å². The molecule has 0 fully saturated rings. The lowest BCUT2D eigenvalue weighted by Gasteiger charge is -2.29. The maximum Gasteiger partial charge on any atom is 0.0472 e. The highest BCUT2D eigenvalue weighted by atomic mass is 15.2. The fraction of sp³-hybridized carbons (Fsp3) is 0.538. The van der Waals surface area contributed by atoms with Gasteiger partial charge in [-0.15, -0.1) is 0 Å². The van der Waals surface area contributed by atoms with Crippen molar-refractivity contribution in [1.82, 2.24) is 10.2 Å². The first kappa shape index (κ1) is 12.2. The maximum absolute atomic E-state index is 3.27. The van der Waals surface area contributed by atoms with Gasteiger partial charge in [-0.25, -0.2) is 0 Å². The van der Waals surface area contributed by atoms with Crippen LogP contribution in [-0.2, 0) is 0 Å².